The summed E-state index contributed by atoms with van der Waals surface area (Å²) in [6.07, 6.45) is 3.17. The minimum Gasteiger partial charge on any atom is -0.351 e. The molecular formula is C9H16ClN3S. The van der Waals surface area contributed by atoms with E-state index in [-0.39, 0.29) is 12.4 Å². The third-order valence-electron chi connectivity index (χ3n) is 2.44. The molecule has 1 fully saturated rings. The van der Waals surface area contributed by atoms with E-state index in [0.717, 1.165) is 24.1 Å². The first kappa shape index (κ1) is 11.8. The van der Waals surface area contributed by atoms with Crippen molar-refractivity contribution in [2.45, 2.75) is 6.42 Å². The summed E-state index contributed by atoms with van der Waals surface area (Å²) < 4.78 is 0. The van der Waals surface area contributed by atoms with Crippen LogP contribution in [0, 0.1) is 5.92 Å². The number of nitrogens with one attached hydrogen (secondary N) is 1. The summed E-state index contributed by atoms with van der Waals surface area (Å²) in [5.41, 5.74) is 0. The highest BCUT2D eigenvalue weighted by molar-refractivity contribution is 7.13. The topological polar surface area (TPSA) is 28.2 Å². The lowest BCUT2D eigenvalue weighted by Gasteiger charge is -2.19. The molecule has 0 saturated carbocycles. The van der Waals surface area contributed by atoms with Gasteiger partial charge in [0.05, 0.1) is 0 Å². The number of aromatic nitrogens is 1. The molecule has 0 bridgehead atoms. The number of rotatable bonds is 3. The van der Waals surface area contributed by atoms with Gasteiger partial charge in [-0.3, -0.25) is 0 Å². The maximum absolute atomic E-state index is 4.28. The lowest BCUT2D eigenvalue weighted by molar-refractivity contribution is 0.578. The SMILES string of the molecule is CN(CC1CCNC1)c1nccs1.Cl. The maximum Gasteiger partial charge on any atom is 0.184 e. The predicted octanol–water partition coefficient (Wildman–Crippen LogP) is 1.61. The Bertz CT molecular complexity index is 247. The summed E-state index contributed by atoms with van der Waals surface area (Å²) in [4.78, 5) is 6.53. The molecule has 1 atom stereocenters. The first-order valence-electron chi connectivity index (χ1n) is 4.67. The molecule has 1 aromatic rings. The van der Waals surface area contributed by atoms with Crippen LogP contribution in [0.1, 0.15) is 6.42 Å². The van der Waals surface area contributed by atoms with Gasteiger partial charge in [0.2, 0.25) is 0 Å². The Morgan fingerprint density at radius 3 is 3.14 bits per heavy atom. The van der Waals surface area contributed by atoms with Gasteiger partial charge in [0.15, 0.2) is 5.13 Å². The number of anilines is 1. The van der Waals surface area contributed by atoms with Crippen LogP contribution in [0.2, 0.25) is 0 Å². The molecule has 1 unspecified atom stereocenters. The molecular weight excluding hydrogens is 218 g/mol. The Labute approximate surface area is 94.9 Å². The van der Waals surface area contributed by atoms with Crippen molar-refractivity contribution in [1.82, 2.24) is 10.3 Å². The van der Waals surface area contributed by atoms with Crippen LogP contribution in [-0.4, -0.2) is 31.7 Å². The fraction of sp³-hybridized carbons (Fsp3) is 0.667. The predicted molar refractivity (Wildman–Crippen MR) is 63.6 cm³/mol. The number of thiazole rings is 1. The van der Waals surface area contributed by atoms with Crippen LogP contribution in [0.15, 0.2) is 11.6 Å². The van der Waals surface area contributed by atoms with Crippen molar-refractivity contribution in [2.24, 2.45) is 5.92 Å². The van der Waals surface area contributed by atoms with Gasteiger partial charge >= 0.3 is 0 Å². The Morgan fingerprint density at radius 2 is 2.57 bits per heavy atom. The average molecular weight is 234 g/mol. The van der Waals surface area contributed by atoms with E-state index in [0.29, 0.717) is 0 Å². The number of nitrogens with zero attached hydrogens (tertiary/aromatic N) is 2. The minimum atomic E-state index is 0. The van der Waals surface area contributed by atoms with Crippen molar-refractivity contribution in [2.75, 3.05) is 31.6 Å². The summed E-state index contributed by atoms with van der Waals surface area (Å²) in [6, 6.07) is 0. The van der Waals surface area contributed by atoms with E-state index in [4.69, 9.17) is 0 Å². The van der Waals surface area contributed by atoms with E-state index < -0.39 is 0 Å². The van der Waals surface area contributed by atoms with Gasteiger partial charge in [-0.15, -0.1) is 23.7 Å². The summed E-state index contributed by atoms with van der Waals surface area (Å²) in [5, 5.41) is 6.54. The van der Waals surface area contributed by atoms with E-state index in [2.05, 4.69) is 22.2 Å². The Kier molecular flexibility index (Phi) is 4.65. The molecule has 14 heavy (non-hydrogen) atoms. The summed E-state index contributed by atoms with van der Waals surface area (Å²) >= 11 is 1.71. The van der Waals surface area contributed by atoms with Crippen molar-refractivity contribution in [3.63, 3.8) is 0 Å². The molecule has 1 aliphatic rings. The molecule has 80 valence electrons. The van der Waals surface area contributed by atoms with Gasteiger partial charge < -0.3 is 10.2 Å². The van der Waals surface area contributed by atoms with E-state index in [1.165, 1.54) is 13.0 Å². The zero-order chi connectivity index (χ0) is 9.10. The van der Waals surface area contributed by atoms with Crippen LogP contribution in [-0.2, 0) is 0 Å². The second-order valence-electron chi connectivity index (χ2n) is 3.55. The molecule has 0 aromatic carbocycles. The third-order valence-corrected chi connectivity index (χ3v) is 3.33. The molecule has 1 aliphatic heterocycles. The molecule has 1 saturated heterocycles. The van der Waals surface area contributed by atoms with Gasteiger partial charge in [-0.25, -0.2) is 4.98 Å². The summed E-state index contributed by atoms with van der Waals surface area (Å²) in [7, 11) is 2.12. The van der Waals surface area contributed by atoms with Gasteiger partial charge in [-0.05, 0) is 25.4 Å². The maximum atomic E-state index is 4.28. The van der Waals surface area contributed by atoms with Crippen molar-refractivity contribution < 1.29 is 0 Å². The van der Waals surface area contributed by atoms with Crippen LogP contribution in [0.4, 0.5) is 5.13 Å². The van der Waals surface area contributed by atoms with Crippen LogP contribution in [0.5, 0.6) is 0 Å². The molecule has 0 radical (unpaired) electrons. The van der Waals surface area contributed by atoms with E-state index in [1.54, 1.807) is 11.3 Å². The Balaban J connectivity index is 0.000000980. The molecule has 2 heterocycles. The summed E-state index contributed by atoms with van der Waals surface area (Å²) in [6.45, 7) is 3.46. The second kappa shape index (κ2) is 5.53. The lowest BCUT2D eigenvalue weighted by atomic mass is 10.1. The zero-order valence-electron chi connectivity index (χ0n) is 8.27. The average Bonchev–Trinajstić information content (AvgIpc) is 2.74. The fourth-order valence-corrected chi connectivity index (χ4v) is 2.36. The van der Waals surface area contributed by atoms with Gasteiger partial charge in [0, 0.05) is 25.2 Å². The highest BCUT2D eigenvalue weighted by Gasteiger charge is 2.17. The first-order valence-corrected chi connectivity index (χ1v) is 5.55. The molecule has 0 amide bonds. The van der Waals surface area contributed by atoms with E-state index in [1.807, 2.05) is 11.6 Å². The number of hydrogen-bond donors (Lipinski definition) is 1. The molecule has 0 spiro atoms. The molecule has 1 aromatic heterocycles. The Hall–Kier alpha value is -0.320. The van der Waals surface area contributed by atoms with Crippen LogP contribution in [0.25, 0.3) is 0 Å². The molecule has 2 rings (SSSR count). The van der Waals surface area contributed by atoms with E-state index in [9.17, 15) is 0 Å². The van der Waals surface area contributed by atoms with Crippen LogP contribution in [0.3, 0.4) is 0 Å². The second-order valence-corrected chi connectivity index (χ2v) is 4.43. The molecule has 5 heteroatoms. The van der Waals surface area contributed by atoms with Crippen molar-refractivity contribution in [3.05, 3.63) is 11.6 Å². The lowest BCUT2D eigenvalue weighted by Crippen LogP contribution is -2.26. The van der Waals surface area contributed by atoms with Crippen LogP contribution >= 0.6 is 23.7 Å². The quantitative estimate of drug-likeness (QED) is 0.860. The Morgan fingerprint density at radius 1 is 1.71 bits per heavy atom. The zero-order valence-corrected chi connectivity index (χ0v) is 9.90. The van der Waals surface area contributed by atoms with Crippen molar-refractivity contribution in [1.29, 1.82) is 0 Å². The highest BCUT2D eigenvalue weighted by Crippen LogP contribution is 2.18. The van der Waals surface area contributed by atoms with Crippen LogP contribution < -0.4 is 10.2 Å². The van der Waals surface area contributed by atoms with Gasteiger partial charge in [-0.1, -0.05) is 0 Å². The molecule has 1 N–H and O–H groups in total. The van der Waals surface area contributed by atoms with Crippen molar-refractivity contribution in [3.8, 4) is 0 Å². The van der Waals surface area contributed by atoms with Gasteiger partial charge in [0.1, 0.15) is 0 Å². The largest absolute Gasteiger partial charge is 0.351 e. The third kappa shape index (κ3) is 2.83. The van der Waals surface area contributed by atoms with Crippen molar-refractivity contribution >= 4 is 28.9 Å². The standard InChI is InChI=1S/C9H15N3S.ClH/c1-12(9-11-4-5-13-9)7-8-2-3-10-6-8;/h4-5,8,10H,2-3,6-7H2,1H3;1H. The molecule has 0 aliphatic carbocycles. The highest BCUT2D eigenvalue weighted by atomic mass is 35.5. The first-order chi connectivity index (χ1) is 6.36. The minimum absolute atomic E-state index is 0. The van der Waals surface area contributed by atoms with Gasteiger partial charge in [-0.2, -0.15) is 0 Å². The molecule has 3 nitrogen and oxygen atoms in total. The normalized spacial score (nSPS) is 20.5. The fourth-order valence-electron chi connectivity index (χ4n) is 1.74. The number of halogens is 1. The monoisotopic (exact) mass is 233 g/mol. The summed E-state index contributed by atoms with van der Waals surface area (Å²) in [5.74, 6) is 0.800. The smallest absolute Gasteiger partial charge is 0.184 e. The van der Waals surface area contributed by atoms with Gasteiger partial charge in [0.25, 0.3) is 0 Å². The number of hydrogen-bond acceptors (Lipinski definition) is 4. The van der Waals surface area contributed by atoms with E-state index >= 15 is 0 Å².